The largest absolute Gasteiger partial charge is 0.465 e. The van der Waals surface area contributed by atoms with Crippen LogP contribution in [0, 0.1) is 17.7 Å². The average Bonchev–Trinajstić information content (AvgIpc) is 3.72. The first-order valence-electron chi connectivity index (χ1n) is 15.1. The first-order chi connectivity index (χ1) is 21.3. The normalized spacial score (nSPS) is 26.2. The van der Waals surface area contributed by atoms with Gasteiger partial charge in [0.15, 0.2) is 0 Å². The Bertz CT molecular complexity index is 1450. The van der Waals surface area contributed by atoms with Crippen LogP contribution in [0.15, 0.2) is 87.5 Å². The van der Waals surface area contributed by atoms with Crippen LogP contribution >= 0.6 is 23.4 Å². The summed E-state index contributed by atoms with van der Waals surface area (Å²) in [6, 6.07) is 3.89. The van der Waals surface area contributed by atoms with Gasteiger partial charge in [0.1, 0.15) is 23.9 Å². The van der Waals surface area contributed by atoms with Crippen molar-refractivity contribution in [3.8, 4) is 0 Å². The number of carbonyl (C=O) groups excluding carboxylic acids is 1. The predicted octanol–water partition coefficient (Wildman–Crippen LogP) is 7.52. The molecule has 5 rings (SSSR count). The van der Waals surface area contributed by atoms with Gasteiger partial charge in [0.2, 0.25) is 0 Å². The van der Waals surface area contributed by atoms with Crippen LogP contribution in [0.5, 0.6) is 0 Å². The summed E-state index contributed by atoms with van der Waals surface area (Å²) in [6.45, 7) is 7.84. The van der Waals surface area contributed by atoms with E-state index in [1.54, 1.807) is 31.0 Å². The molecule has 1 aromatic carbocycles. The molecular formula is C34H39ClF2N4O2S. The number of allylic oxidation sites excluding steroid dienone is 4. The van der Waals surface area contributed by atoms with E-state index >= 15 is 0 Å². The summed E-state index contributed by atoms with van der Waals surface area (Å²) in [6.07, 6.45) is 12.4. The number of carbonyl (C=O) groups is 1. The standard InChI is InChI=1S/C34H39ClF2N4O2S/c1-21-13-17-44-32(21)33-40-31(26-10-9-25(37)19-27(26)35)30(28(38-3)8-4-6-22(2)36)29-18-23(20-41(29)33)11-15-39-14-5-7-24-12-16-43-34(24)42/h4,8-11,13,15,17,19,22-24,31-32,39H,1,5-7,12,14,16,18,20H2,2-3H3/b8-4-,15-11+,38-28+/t22?,23-,24-,31-,32?/m0/s1. The molecule has 0 amide bonds. The number of esters is 1. The Morgan fingerprint density at radius 1 is 1.41 bits per heavy atom. The maximum absolute atomic E-state index is 14.1. The number of cyclic esters (lactones) is 1. The number of hydrogen-bond acceptors (Lipinski definition) is 7. The van der Waals surface area contributed by atoms with Gasteiger partial charge in [-0.2, -0.15) is 0 Å². The number of nitrogens with zero attached hydrogens (tertiary/aromatic N) is 3. The molecule has 44 heavy (non-hydrogen) atoms. The highest BCUT2D eigenvalue weighted by Crippen LogP contribution is 2.46. The van der Waals surface area contributed by atoms with E-state index in [1.807, 2.05) is 23.8 Å². The van der Waals surface area contributed by atoms with E-state index in [0.717, 1.165) is 61.5 Å². The zero-order valence-corrected chi connectivity index (χ0v) is 26.7. The molecule has 0 aromatic heterocycles. The van der Waals surface area contributed by atoms with Gasteiger partial charge in [-0.1, -0.05) is 42.5 Å². The monoisotopic (exact) mass is 640 g/mol. The van der Waals surface area contributed by atoms with E-state index < -0.39 is 18.0 Å². The number of hydrogen-bond donors (Lipinski definition) is 1. The second-order valence-corrected chi connectivity index (χ2v) is 12.9. The van der Waals surface area contributed by atoms with Crippen molar-refractivity contribution in [1.29, 1.82) is 0 Å². The molecular weight excluding hydrogens is 602 g/mol. The molecule has 0 saturated carbocycles. The molecule has 2 unspecified atom stereocenters. The van der Waals surface area contributed by atoms with Crippen LogP contribution in [0.3, 0.4) is 0 Å². The van der Waals surface area contributed by atoms with Crippen molar-refractivity contribution >= 4 is 40.9 Å². The number of benzene rings is 1. The first kappa shape index (κ1) is 32.2. The molecule has 0 aliphatic carbocycles. The van der Waals surface area contributed by atoms with Gasteiger partial charge in [-0.05, 0) is 74.4 Å². The molecule has 4 aliphatic heterocycles. The Hall–Kier alpha value is -3.17. The summed E-state index contributed by atoms with van der Waals surface area (Å²) in [7, 11) is 1.72. The number of nitrogens with one attached hydrogen (secondary N) is 1. The highest BCUT2D eigenvalue weighted by molar-refractivity contribution is 8.03. The molecule has 0 bridgehead atoms. The lowest BCUT2D eigenvalue weighted by Gasteiger charge is -2.36. The molecule has 2 saturated heterocycles. The summed E-state index contributed by atoms with van der Waals surface area (Å²) in [5, 5.41) is 5.67. The number of thioether (sulfide) groups is 1. The van der Waals surface area contributed by atoms with Gasteiger partial charge in [0.25, 0.3) is 0 Å². The summed E-state index contributed by atoms with van der Waals surface area (Å²) >= 11 is 8.32. The fourth-order valence-corrected chi connectivity index (χ4v) is 7.29. The maximum Gasteiger partial charge on any atom is 0.309 e. The SMILES string of the molecule is C=C1C=CSC1C1=N[C@@H](c2ccc(F)cc2Cl)C(C(/C=C\CC(C)F)=N/C)=C2C[C@H](/C=C/NCCC[C@H]3CCOC3=O)CN12. The molecule has 1 N–H and O–H groups in total. The molecule has 0 spiro atoms. The van der Waals surface area contributed by atoms with Crippen molar-refractivity contribution in [1.82, 2.24) is 10.2 Å². The molecule has 10 heteroatoms. The highest BCUT2D eigenvalue weighted by Gasteiger charge is 2.42. The van der Waals surface area contributed by atoms with Crippen LogP contribution in [0.25, 0.3) is 0 Å². The predicted molar refractivity (Wildman–Crippen MR) is 176 cm³/mol. The Labute approximate surface area is 267 Å². The van der Waals surface area contributed by atoms with E-state index in [9.17, 15) is 13.6 Å². The molecule has 6 nitrogen and oxygen atoms in total. The highest BCUT2D eigenvalue weighted by atomic mass is 35.5. The lowest BCUT2D eigenvalue weighted by Crippen LogP contribution is -2.40. The maximum atomic E-state index is 14.1. The minimum absolute atomic E-state index is 0.0199. The van der Waals surface area contributed by atoms with Gasteiger partial charge in [0, 0.05) is 47.9 Å². The first-order valence-corrected chi connectivity index (χ1v) is 16.5. The lowest BCUT2D eigenvalue weighted by atomic mass is 9.89. The minimum Gasteiger partial charge on any atom is -0.465 e. The van der Waals surface area contributed by atoms with Crippen LogP contribution < -0.4 is 5.32 Å². The minimum atomic E-state index is -0.977. The fourth-order valence-electron chi connectivity index (χ4n) is 6.05. The van der Waals surface area contributed by atoms with E-state index in [1.165, 1.54) is 19.1 Å². The van der Waals surface area contributed by atoms with Gasteiger partial charge in [-0.3, -0.25) is 14.8 Å². The molecule has 5 atom stereocenters. The van der Waals surface area contributed by atoms with Gasteiger partial charge in [-0.25, -0.2) is 8.78 Å². The van der Waals surface area contributed by atoms with E-state index in [4.69, 9.17) is 21.3 Å². The number of ether oxygens (including phenoxy) is 1. The Balaban J connectivity index is 1.45. The summed E-state index contributed by atoms with van der Waals surface area (Å²) in [5.74, 6) is 0.601. The molecule has 2 fully saturated rings. The van der Waals surface area contributed by atoms with Crippen molar-refractivity contribution in [2.24, 2.45) is 21.8 Å². The average molecular weight is 641 g/mol. The Morgan fingerprint density at radius 2 is 2.25 bits per heavy atom. The van der Waals surface area contributed by atoms with Crippen LogP contribution in [0.2, 0.25) is 5.02 Å². The number of amidine groups is 1. The Kier molecular flexibility index (Phi) is 10.8. The Morgan fingerprint density at radius 3 is 2.93 bits per heavy atom. The van der Waals surface area contributed by atoms with Crippen LogP contribution in [-0.4, -0.2) is 60.6 Å². The summed E-state index contributed by atoms with van der Waals surface area (Å²) < 4.78 is 32.9. The van der Waals surface area contributed by atoms with Crippen molar-refractivity contribution < 1.29 is 18.3 Å². The van der Waals surface area contributed by atoms with Crippen molar-refractivity contribution in [3.05, 3.63) is 93.9 Å². The number of alkyl halides is 1. The van der Waals surface area contributed by atoms with Crippen molar-refractivity contribution in [3.63, 3.8) is 0 Å². The van der Waals surface area contributed by atoms with Gasteiger partial charge < -0.3 is 15.0 Å². The third-order valence-electron chi connectivity index (χ3n) is 8.30. The van der Waals surface area contributed by atoms with E-state index in [-0.39, 0.29) is 29.5 Å². The molecule has 4 heterocycles. The molecule has 234 valence electrons. The second-order valence-electron chi connectivity index (χ2n) is 11.5. The van der Waals surface area contributed by atoms with Crippen molar-refractivity contribution in [2.45, 2.75) is 56.5 Å². The zero-order valence-electron chi connectivity index (χ0n) is 25.1. The quantitative estimate of drug-likeness (QED) is 0.145. The molecule has 1 aromatic rings. The zero-order chi connectivity index (χ0) is 31.2. The van der Waals surface area contributed by atoms with Gasteiger partial charge >= 0.3 is 5.97 Å². The van der Waals surface area contributed by atoms with Crippen LogP contribution in [0.4, 0.5) is 8.78 Å². The van der Waals surface area contributed by atoms with Crippen molar-refractivity contribution in [2.75, 3.05) is 26.7 Å². The summed E-state index contributed by atoms with van der Waals surface area (Å²) in [4.78, 5) is 23.9. The van der Waals surface area contributed by atoms with Crippen LogP contribution in [-0.2, 0) is 9.53 Å². The molecule has 0 radical (unpaired) electrons. The third-order valence-corrected chi connectivity index (χ3v) is 9.71. The third kappa shape index (κ3) is 7.37. The number of fused-ring (bicyclic) bond motifs is 1. The second kappa shape index (κ2) is 14.7. The fraction of sp³-hybridized carbons (Fsp3) is 0.441. The van der Waals surface area contributed by atoms with Gasteiger partial charge in [-0.15, -0.1) is 11.8 Å². The van der Waals surface area contributed by atoms with E-state index in [0.29, 0.717) is 22.9 Å². The molecule has 4 aliphatic rings. The van der Waals surface area contributed by atoms with Crippen LogP contribution in [0.1, 0.15) is 50.6 Å². The summed E-state index contributed by atoms with van der Waals surface area (Å²) in [5.41, 5.74) is 4.32. The van der Waals surface area contributed by atoms with E-state index in [2.05, 4.69) is 27.9 Å². The number of halogens is 3. The number of aliphatic imine (C=N–C) groups is 2. The smallest absolute Gasteiger partial charge is 0.309 e. The lowest BCUT2D eigenvalue weighted by molar-refractivity contribution is -0.141. The number of rotatable bonds is 12. The topological polar surface area (TPSA) is 66.3 Å². The van der Waals surface area contributed by atoms with Gasteiger partial charge in [0.05, 0.1) is 23.5 Å².